The molecule has 10 heavy (non-hydrogen) atoms. The molecular formula is C6H5BrClNO. The van der Waals surface area contributed by atoms with Crippen LogP contribution in [-0.4, -0.2) is 10.1 Å². The molecule has 0 saturated carbocycles. The maximum Gasteiger partial charge on any atom is 0.135 e. The predicted molar refractivity (Wildman–Crippen MR) is 42.9 cm³/mol. The highest BCUT2D eigenvalue weighted by Gasteiger charge is 1.98. The summed E-state index contributed by atoms with van der Waals surface area (Å²) in [6, 6.07) is 3.46. The first kappa shape index (κ1) is 7.98. The van der Waals surface area contributed by atoms with Crippen molar-refractivity contribution in [3.8, 4) is 0 Å². The Kier molecular flexibility index (Phi) is 2.65. The predicted octanol–water partition coefficient (Wildman–Crippen LogP) is 1.99. The Morgan fingerprint density at radius 3 is 2.80 bits per heavy atom. The summed E-state index contributed by atoms with van der Waals surface area (Å²) < 4.78 is 0.676. The molecule has 1 aromatic rings. The molecule has 1 heterocycles. The fourth-order valence-corrected chi connectivity index (χ4v) is 1.18. The van der Waals surface area contributed by atoms with Crippen LogP contribution in [0.25, 0.3) is 0 Å². The average molecular weight is 222 g/mol. The van der Waals surface area contributed by atoms with Crippen molar-refractivity contribution in [2.45, 2.75) is 6.61 Å². The highest BCUT2D eigenvalue weighted by Crippen LogP contribution is 2.16. The van der Waals surface area contributed by atoms with E-state index < -0.39 is 0 Å². The number of rotatable bonds is 1. The number of aliphatic hydroxyl groups excluding tert-OH is 1. The third-order valence-corrected chi connectivity index (χ3v) is 1.83. The summed E-state index contributed by atoms with van der Waals surface area (Å²) in [5, 5.41) is 9.01. The van der Waals surface area contributed by atoms with E-state index in [4.69, 9.17) is 16.7 Å². The first-order chi connectivity index (χ1) is 4.74. The molecule has 4 heteroatoms. The largest absolute Gasteiger partial charge is 0.392 e. The van der Waals surface area contributed by atoms with Gasteiger partial charge in [0.1, 0.15) is 9.76 Å². The van der Waals surface area contributed by atoms with Crippen LogP contribution in [0.15, 0.2) is 16.7 Å². The minimum Gasteiger partial charge on any atom is -0.392 e. The number of halogens is 2. The Hall–Kier alpha value is -0.120. The monoisotopic (exact) mass is 221 g/mol. The molecule has 54 valence electrons. The number of aliphatic hydroxyl groups is 1. The smallest absolute Gasteiger partial charge is 0.135 e. The third kappa shape index (κ3) is 1.68. The molecule has 0 radical (unpaired) electrons. The Balaban J connectivity index is 3.07. The molecule has 0 aliphatic heterocycles. The van der Waals surface area contributed by atoms with Gasteiger partial charge in [-0.1, -0.05) is 17.7 Å². The molecule has 1 N–H and O–H groups in total. The van der Waals surface area contributed by atoms with Gasteiger partial charge >= 0.3 is 0 Å². The van der Waals surface area contributed by atoms with Crippen LogP contribution >= 0.6 is 27.5 Å². The molecule has 0 saturated heterocycles. The zero-order chi connectivity index (χ0) is 7.56. The summed E-state index contributed by atoms with van der Waals surface area (Å²) in [7, 11) is 0. The van der Waals surface area contributed by atoms with Crippen LogP contribution in [0.5, 0.6) is 0 Å². The standard InChI is InChI=1S/C6H5BrClNO/c7-5-2-1-4(3-10)6(8)9-5/h1-2,10H,3H2. The lowest BCUT2D eigenvalue weighted by Crippen LogP contribution is -1.87. The molecule has 0 spiro atoms. The fourth-order valence-electron chi connectivity index (χ4n) is 0.559. The maximum atomic E-state index is 8.67. The molecule has 1 rings (SSSR count). The van der Waals surface area contributed by atoms with Gasteiger partial charge in [-0.15, -0.1) is 0 Å². The van der Waals surface area contributed by atoms with Crippen LogP contribution in [-0.2, 0) is 6.61 Å². The van der Waals surface area contributed by atoms with E-state index in [-0.39, 0.29) is 6.61 Å². The van der Waals surface area contributed by atoms with Gasteiger partial charge in [-0.25, -0.2) is 4.98 Å². The Morgan fingerprint density at radius 1 is 1.60 bits per heavy atom. The molecule has 0 atom stereocenters. The van der Waals surface area contributed by atoms with E-state index in [1.54, 1.807) is 12.1 Å². The Labute approximate surface area is 72.0 Å². The Bertz CT molecular complexity index is 241. The first-order valence-corrected chi connectivity index (χ1v) is 3.83. The summed E-state index contributed by atoms with van der Waals surface area (Å²) in [5.41, 5.74) is 0.643. The van der Waals surface area contributed by atoms with E-state index in [1.165, 1.54) is 0 Å². The van der Waals surface area contributed by atoms with Crippen molar-refractivity contribution in [3.05, 3.63) is 27.5 Å². The SMILES string of the molecule is OCc1ccc(Br)nc1Cl. The van der Waals surface area contributed by atoms with Crippen LogP contribution in [0, 0.1) is 0 Å². The van der Waals surface area contributed by atoms with Crippen molar-refractivity contribution in [1.82, 2.24) is 4.98 Å². The second-order valence-electron chi connectivity index (χ2n) is 1.74. The van der Waals surface area contributed by atoms with Gasteiger partial charge in [-0.2, -0.15) is 0 Å². The molecule has 0 aromatic carbocycles. The van der Waals surface area contributed by atoms with E-state index in [1.807, 2.05) is 0 Å². The summed E-state index contributed by atoms with van der Waals surface area (Å²) >= 11 is 8.78. The molecule has 0 fully saturated rings. The highest BCUT2D eigenvalue weighted by atomic mass is 79.9. The van der Waals surface area contributed by atoms with Crippen LogP contribution in [0.4, 0.5) is 0 Å². The summed E-state index contributed by atoms with van der Waals surface area (Å²) in [6.07, 6.45) is 0. The number of hydrogen-bond donors (Lipinski definition) is 1. The van der Waals surface area contributed by atoms with E-state index >= 15 is 0 Å². The van der Waals surface area contributed by atoms with E-state index in [0.717, 1.165) is 0 Å². The van der Waals surface area contributed by atoms with Gasteiger partial charge in [0.05, 0.1) is 6.61 Å². The number of pyridine rings is 1. The van der Waals surface area contributed by atoms with Gasteiger partial charge in [0.25, 0.3) is 0 Å². The van der Waals surface area contributed by atoms with Gasteiger partial charge in [-0.05, 0) is 22.0 Å². The van der Waals surface area contributed by atoms with Gasteiger partial charge < -0.3 is 5.11 Å². The molecule has 0 aliphatic rings. The maximum absolute atomic E-state index is 8.67. The van der Waals surface area contributed by atoms with Crippen molar-refractivity contribution in [2.75, 3.05) is 0 Å². The number of hydrogen-bond acceptors (Lipinski definition) is 2. The van der Waals surface area contributed by atoms with Gasteiger partial charge in [0.15, 0.2) is 0 Å². The summed E-state index contributed by atoms with van der Waals surface area (Å²) in [6.45, 7) is -0.0703. The zero-order valence-corrected chi connectivity index (χ0v) is 7.35. The lowest BCUT2D eigenvalue weighted by atomic mass is 10.3. The minimum atomic E-state index is -0.0703. The summed E-state index contributed by atoms with van der Waals surface area (Å²) in [4.78, 5) is 3.87. The second kappa shape index (κ2) is 3.32. The number of aromatic nitrogens is 1. The van der Waals surface area contributed by atoms with Crippen molar-refractivity contribution in [3.63, 3.8) is 0 Å². The first-order valence-electron chi connectivity index (χ1n) is 2.66. The van der Waals surface area contributed by atoms with Crippen molar-refractivity contribution in [1.29, 1.82) is 0 Å². The normalized spacial score (nSPS) is 9.90. The van der Waals surface area contributed by atoms with Crippen molar-refractivity contribution < 1.29 is 5.11 Å². The van der Waals surface area contributed by atoms with Crippen LogP contribution in [0.3, 0.4) is 0 Å². The average Bonchev–Trinajstić information content (AvgIpc) is 1.88. The molecule has 0 bridgehead atoms. The zero-order valence-electron chi connectivity index (χ0n) is 5.01. The lowest BCUT2D eigenvalue weighted by Gasteiger charge is -1.97. The van der Waals surface area contributed by atoms with Crippen molar-refractivity contribution in [2.24, 2.45) is 0 Å². The minimum absolute atomic E-state index is 0.0703. The third-order valence-electron chi connectivity index (χ3n) is 1.06. The molecule has 1 aromatic heterocycles. The summed E-state index contributed by atoms with van der Waals surface area (Å²) in [5.74, 6) is 0. The Morgan fingerprint density at radius 2 is 2.30 bits per heavy atom. The second-order valence-corrected chi connectivity index (χ2v) is 2.91. The molecule has 0 aliphatic carbocycles. The highest BCUT2D eigenvalue weighted by molar-refractivity contribution is 9.10. The van der Waals surface area contributed by atoms with Gasteiger partial charge in [0.2, 0.25) is 0 Å². The molecule has 2 nitrogen and oxygen atoms in total. The van der Waals surface area contributed by atoms with E-state index in [9.17, 15) is 0 Å². The van der Waals surface area contributed by atoms with E-state index in [2.05, 4.69) is 20.9 Å². The quantitative estimate of drug-likeness (QED) is 0.737. The molecular weight excluding hydrogens is 217 g/mol. The topological polar surface area (TPSA) is 33.1 Å². The molecule has 0 amide bonds. The van der Waals surface area contributed by atoms with Gasteiger partial charge in [-0.3, -0.25) is 0 Å². The van der Waals surface area contributed by atoms with Crippen LogP contribution in [0.1, 0.15) is 5.56 Å². The fraction of sp³-hybridized carbons (Fsp3) is 0.167. The number of nitrogens with zero attached hydrogens (tertiary/aromatic N) is 1. The van der Waals surface area contributed by atoms with Crippen molar-refractivity contribution >= 4 is 27.5 Å². The molecule has 0 unspecified atom stereocenters. The van der Waals surface area contributed by atoms with E-state index in [0.29, 0.717) is 15.3 Å². The van der Waals surface area contributed by atoms with Crippen LogP contribution < -0.4 is 0 Å². The van der Waals surface area contributed by atoms with Crippen LogP contribution in [0.2, 0.25) is 5.15 Å². The lowest BCUT2D eigenvalue weighted by molar-refractivity contribution is 0.281. The van der Waals surface area contributed by atoms with Gasteiger partial charge in [0, 0.05) is 5.56 Å².